The van der Waals surface area contributed by atoms with Crippen molar-refractivity contribution in [2.75, 3.05) is 6.61 Å². The molecule has 0 aliphatic heterocycles. The van der Waals surface area contributed by atoms with Gasteiger partial charge in [0.1, 0.15) is 0 Å². The minimum atomic E-state index is -4.61. The first kappa shape index (κ1) is 40.0. The number of hydrogen-bond donors (Lipinski definition) is 3. The first-order valence-corrected chi connectivity index (χ1v) is 19.4. The van der Waals surface area contributed by atoms with Gasteiger partial charge >= 0.3 is 12.1 Å². The molecular weight excluding hydrogens is 788 g/mol. The van der Waals surface area contributed by atoms with Crippen molar-refractivity contribution in [3.63, 3.8) is 0 Å². The molecule has 0 atom stereocenters. The highest BCUT2D eigenvalue weighted by Gasteiger charge is 2.35. The smallest absolute Gasteiger partial charge is 0.435 e. The van der Waals surface area contributed by atoms with Gasteiger partial charge in [-0.1, -0.05) is 84.4 Å². The topological polar surface area (TPSA) is 197 Å². The van der Waals surface area contributed by atoms with Crippen LogP contribution in [0, 0.1) is 6.92 Å². The van der Waals surface area contributed by atoms with Crippen LogP contribution in [0.1, 0.15) is 34.1 Å². The van der Waals surface area contributed by atoms with Crippen molar-refractivity contribution in [3.05, 3.63) is 144 Å². The minimum Gasteiger partial charge on any atom is -0.478 e. The lowest BCUT2D eigenvalue weighted by molar-refractivity contribution is -0.141. The number of para-hydroxylation sites is 1. The Labute approximate surface area is 334 Å². The number of primary sulfonamides is 1. The normalized spacial score (nSPS) is 11.6. The first-order valence-electron chi connectivity index (χ1n) is 17.9. The highest BCUT2D eigenvalue weighted by molar-refractivity contribution is 7.89. The Morgan fingerprint density at radius 2 is 1.56 bits per heavy atom. The number of imidazole rings is 1. The van der Waals surface area contributed by atoms with Crippen LogP contribution in [0.25, 0.3) is 50.5 Å². The fraction of sp³-hybridized carbons (Fsp3) is 0.122. The van der Waals surface area contributed by atoms with Gasteiger partial charge in [0.15, 0.2) is 5.69 Å². The number of aromatic nitrogens is 8. The number of sulfonamides is 1. The summed E-state index contributed by atoms with van der Waals surface area (Å²) in [6, 6.07) is 34.4. The van der Waals surface area contributed by atoms with E-state index in [4.69, 9.17) is 9.88 Å². The summed E-state index contributed by atoms with van der Waals surface area (Å²) in [5.74, 6) is -0.472. The van der Waals surface area contributed by atoms with Crippen molar-refractivity contribution in [2.24, 2.45) is 5.14 Å². The van der Waals surface area contributed by atoms with E-state index in [-0.39, 0.29) is 21.8 Å². The Morgan fingerprint density at radius 1 is 0.881 bits per heavy atom. The number of nitrogens with two attached hydrogens (primary N) is 1. The van der Waals surface area contributed by atoms with Gasteiger partial charge in [0, 0.05) is 11.1 Å². The van der Waals surface area contributed by atoms with Crippen LogP contribution in [0.15, 0.2) is 126 Å². The molecule has 0 unspecified atom stereocenters. The van der Waals surface area contributed by atoms with E-state index in [0.29, 0.717) is 41.6 Å². The molecule has 0 aliphatic carbocycles. The van der Waals surface area contributed by atoms with Crippen LogP contribution in [-0.4, -0.2) is 66.1 Å². The number of nitrogens with zero attached hydrogens (tertiary/aromatic N) is 7. The van der Waals surface area contributed by atoms with E-state index in [2.05, 4.69) is 30.7 Å². The number of fused-ring (bicyclic) bond motifs is 1. The van der Waals surface area contributed by atoms with Crippen LogP contribution in [0.2, 0.25) is 0 Å². The summed E-state index contributed by atoms with van der Waals surface area (Å²) < 4.78 is 70.7. The molecular formula is C41H34F3N9O5S. The van der Waals surface area contributed by atoms with Gasteiger partial charge in [-0.05, 0) is 78.2 Å². The highest BCUT2D eigenvalue weighted by Crippen LogP contribution is 2.34. The summed E-state index contributed by atoms with van der Waals surface area (Å²) >= 11 is 0. The van der Waals surface area contributed by atoms with E-state index >= 15 is 0 Å². The largest absolute Gasteiger partial charge is 0.478 e. The molecule has 3 aromatic heterocycles. The van der Waals surface area contributed by atoms with Crippen LogP contribution in [0.4, 0.5) is 13.2 Å². The molecule has 0 bridgehead atoms. The maximum Gasteiger partial charge on any atom is 0.435 e. The summed E-state index contributed by atoms with van der Waals surface area (Å²) in [5.41, 5.74) is 6.17. The molecule has 8 rings (SSSR count). The van der Waals surface area contributed by atoms with Gasteiger partial charge < -0.3 is 9.84 Å². The van der Waals surface area contributed by atoms with Gasteiger partial charge in [-0.25, -0.2) is 23.0 Å². The Morgan fingerprint density at radius 3 is 2.17 bits per heavy atom. The molecule has 3 heterocycles. The van der Waals surface area contributed by atoms with Gasteiger partial charge in [0.2, 0.25) is 15.8 Å². The molecule has 4 N–H and O–H groups in total. The van der Waals surface area contributed by atoms with Gasteiger partial charge in [-0.2, -0.15) is 28.5 Å². The number of H-pyrrole nitrogens is 1. The molecule has 5 aromatic carbocycles. The van der Waals surface area contributed by atoms with Gasteiger partial charge in [0.05, 0.1) is 46.0 Å². The first-order chi connectivity index (χ1) is 28.2. The fourth-order valence-corrected chi connectivity index (χ4v) is 6.84. The number of tetrazole rings is 1. The van der Waals surface area contributed by atoms with Crippen LogP contribution in [0.3, 0.4) is 0 Å². The third-order valence-corrected chi connectivity index (χ3v) is 10.0. The summed E-state index contributed by atoms with van der Waals surface area (Å²) in [5, 5.41) is 32.7. The zero-order chi connectivity index (χ0) is 41.9. The Bertz CT molecular complexity index is 2860. The number of aromatic amines is 1. The minimum absolute atomic E-state index is 0.138. The number of carbonyl (C=O) groups is 1. The number of benzene rings is 5. The van der Waals surface area contributed by atoms with Crippen LogP contribution >= 0.6 is 0 Å². The molecule has 0 spiro atoms. The van der Waals surface area contributed by atoms with Crippen molar-refractivity contribution >= 4 is 27.0 Å². The number of aryl methyl sites for hydroxylation is 1. The highest BCUT2D eigenvalue weighted by atomic mass is 32.2. The number of carboxylic acid groups (broad SMARTS) is 1. The zero-order valence-electron chi connectivity index (χ0n) is 31.3. The number of carboxylic acids is 1. The molecule has 300 valence electrons. The Hall–Kier alpha value is -7.18. The number of rotatable bonds is 10. The van der Waals surface area contributed by atoms with Gasteiger partial charge in [-0.3, -0.25) is 4.57 Å². The maximum atomic E-state index is 13.1. The standard InChI is InChI=1S/C24H20N6O3.C17H14F3N3O2S/c1-2-33-24-25-20-9-5-8-19(23(31)32)21(20)30(24)14-15-10-12-16(13-11-15)17-6-3-4-7-18(17)22-26-28-29-27-22;1-11-2-4-12(5-3-11)15-10-16(17(18,19)20)22-23(15)13-6-8-14(9-7-13)26(21,24)25/h3-13H,2,14H2,1H3,(H,31,32)(H,26,27,28,29);2-10H,1H3,(H2,21,24,25). The van der Waals surface area contributed by atoms with Gasteiger partial charge in [-0.15, -0.1) is 10.2 Å². The lowest BCUT2D eigenvalue weighted by Gasteiger charge is -2.12. The quantitative estimate of drug-likeness (QED) is 0.124. The second-order valence-electron chi connectivity index (χ2n) is 13.1. The number of halogens is 3. The SMILES string of the molecule is CCOc1nc2cccc(C(=O)O)c2n1Cc1ccc(-c2ccccc2-c2nn[nH]n2)cc1.Cc1ccc(-c2cc(C(F)(F)F)nn2-c2ccc(S(N)(=O)=O)cc2)cc1. The van der Waals surface area contributed by atoms with E-state index in [1.54, 1.807) is 42.5 Å². The van der Waals surface area contributed by atoms with Gasteiger partial charge in [0.25, 0.3) is 6.01 Å². The third-order valence-electron chi connectivity index (χ3n) is 9.11. The molecule has 0 saturated carbocycles. The van der Waals surface area contributed by atoms with E-state index in [1.165, 1.54) is 24.3 Å². The zero-order valence-corrected chi connectivity index (χ0v) is 32.1. The van der Waals surface area contributed by atoms with Crippen molar-refractivity contribution in [3.8, 4) is 45.5 Å². The lowest BCUT2D eigenvalue weighted by Crippen LogP contribution is -2.12. The van der Waals surface area contributed by atoms with E-state index in [9.17, 15) is 31.5 Å². The number of nitrogens with one attached hydrogen (secondary N) is 1. The van der Waals surface area contributed by atoms with E-state index in [1.807, 2.05) is 66.9 Å². The predicted molar refractivity (Wildman–Crippen MR) is 212 cm³/mol. The van der Waals surface area contributed by atoms with E-state index in [0.717, 1.165) is 38.6 Å². The Kier molecular flexibility index (Phi) is 11.1. The number of hydrogen-bond acceptors (Lipinski definition) is 9. The van der Waals surface area contributed by atoms with Crippen molar-refractivity contribution < 1.29 is 36.2 Å². The second-order valence-corrected chi connectivity index (χ2v) is 14.7. The monoisotopic (exact) mass is 821 g/mol. The third kappa shape index (κ3) is 8.73. The molecule has 0 radical (unpaired) electrons. The molecule has 59 heavy (non-hydrogen) atoms. The number of aromatic carboxylic acids is 1. The molecule has 0 fully saturated rings. The van der Waals surface area contributed by atoms with Crippen molar-refractivity contribution in [1.29, 1.82) is 0 Å². The van der Waals surface area contributed by atoms with Crippen LogP contribution < -0.4 is 9.88 Å². The Balaban J connectivity index is 0.000000185. The number of alkyl halides is 3. The molecule has 8 aromatic rings. The summed E-state index contributed by atoms with van der Waals surface area (Å²) in [4.78, 5) is 16.2. The van der Waals surface area contributed by atoms with E-state index < -0.39 is 27.9 Å². The molecule has 14 nitrogen and oxygen atoms in total. The summed E-state index contributed by atoms with van der Waals surface area (Å²) in [6.07, 6.45) is -4.61. The fourth-order valence-electron chi connectivity index (χ4n) is 6.32. The average Bonchev–Trinajstić information content (AvgIpc) is 3.99. The predicted octanol–water partition coefficient (Wildman–Crippen LogP) is 7.54. The molecule has 0 saturated heterocycles. The van der Waals surface area contributed by atoms with Crippen LogP contribution in [-0.2, 0) is 22.7 Å². The molecule has 0 amide bonds. The lowest BCUT2D eigenvalue weighted by atomic mass is 9.98. The maximum absolute atomic E-state index is 13.1. The summed E-state index contributed by atoms with van der Waals surface area (Å²) in [6.45, 7) is 4.59. The second kappa shape index (κ2) is 16.4. The molecule has 0 aliphatic rings. The summed E-state index contributed by atoms with van der Waals surface area (Å²) in [7, 11) is -3.90. The average molecular weight is 822 g/mol. The molecule has 18 heteroatoms. The van der Waals surface area contributed by atoms with Crippen LogP contribution in [0.5, 0.6) is 6.01 Å². The van der Waals surface area contributed by atoms with Crippen molar-refractivity contribution in [1.82, 2.24) is 40.0 Å². The number of ether oxygens (including phenoxy) is 1. The van der Waals surface area contributed by atoms with Crippen molar-refractivity contribution in [2.45, 2.75) is 31.5 Å².